The van der Waals surface area contributed by atoms with Crippen LogP contribution < -0.4 is 41.6 Å². The van der Waals surface area contributed by atoms with Crippen LogP contribution in [-0.4, -0.2) is 52.1 Å². The molecule has 10 heteroatoms. The zero-order valence-corrected chi connectivity index (χ0v) is 18.8. The molecular weight excluding hydrogens is 436 g/mol. The van der Waals surface area contributed by atoms with E-state index in [0.29, 0.717) is 36.0 Å². The first-order chi connectivity index (χ1) is 16.6. The number of hydrogen-bond acceptors (Lipinski definition) is 10. The van der Waals surface area contributed by atoms with Gasteiger partial charge in [0, 0.05) is 47.7 Å². The summed E-state index contributed by atoms with van der Waals surface area (Å²) in [6, 6.07) is 10.9. The Hall–Kier alpha value is -4.34. The van der Waals surface area contributed by atoms with Crippen LogP contribution in [0.25, 0.3) is 0 Å². The van der Waals surface area contributed by atoms with Gasteiger partial charge in [-0.2, -0.15) is 0 Å². The molecule has 0 atom stereocenters. The molecule has 0 unspecified atom stereocenters. The molecule has 0 aliphatic carbocycles. The number of ether oxygens (including phenoxy) is 2. The van der Waals surface area contributed by atoms with Gasteiger partial charge in [0.2, 0.25) is 0 Å². The Labute approximate surface area is 195 Å². The summed E-state index contributed by atoms with van der Waals surface area (Å²) < 4.78 is 10.8. The Kier molecular flexibility index (Phi) is 5.62. The van der Waals surface area contributed by atoms with E-state index in [2.05, 4.69) is 31.3 Å². The molecule has 2 heterocycles. The fourth-order valence-electron chi connectivity index (χ4n) is 3.95. The summed E-state index contributed by atoms with van der Waals surface area (Å²) in [5.41, 5.74) is 2.07. The zero-order chi connectivity index (χ0) is 23.7. The highest BCUT2D eigenvalue weighted by Crippen LogP contribution is 2.30. The number of aliphatic imine (C=N–C) groups is 2. The quantitative estimate of drug-likeness (QED) is 0.373. The molecular formula is C24H24N6O4. The van der Waals surface area contributed by atoms with E-state index >= 15 is 0 Å². The van der Waals surface area contributed by atoms with Gasteiger partial charge in [-0.1, -0.05) is 0 Å². The van der Waals surface area contributed by atoms with Gasteiger partial charge in [-0.3, -0.25) is 19.6 Å². The van der Waals surface area contributed by atoms with Crippen molar-refractivity contribution in [2.24, 2.45) is 9.98 Å². The van der Waals surface area contributed by atoms with E-state index in [9.17, 15) is 9.59 Å². The summed E-state index contributed by atoms with van der Waals surface area (Å²) >= 11 is 0. The van der Waals surface area contributed by atoms with Crippen LogP contribution in [-0.2, 0) is 0 Å². The summed E-state index contributed by atoms with van der Waals surface area (Å²) in [6.45, 7) is 2.94. The largest absolute Gasteiger partial charge is 0.497 e. The summed E-state index contributed by atoms with van der Waals surface area (Å²) in [5, 5.41) is 12.6. The van der Waals surface area contributed by atoms with Crippen LogP contribution in [0.3, 0.4) is 0 Å². The van der Waals surface area contributed by atoms with Crippen molar-refractivity contribution >= 4 is 34.4 Å². The lowest BCUT2D eigenvalue weighted by Crippen LogP contribution is -2.35. The highest BCUT2D eigenvalue weighted by atomic mass is 16.5. The van der Waals surface area contributed by atoms with E-state index in [-0.39, 0.29) is 11.4 Å². The van der Waals surface area contributed by atoms with E-state index in [1.165, 1.54) is 0 Å². The number of nitrogens with zero attached hydrogens (tertiary/aromatic N) is 2. The molecule has 0 bridgehead atoms. The molecule has 0 spiro atoms. The number of hydrogen-bond donors (Lipinski definition) is 4. The molecule has 4 N–H and O–H groups in total. The number of amidine groups is 2. The van der Waals surface area contributed by atoms with Gasteiger partial charge in [0.1, 0.15) is 34.5 Å². The molecule has 0 aromatic heterocycles. The Bertz CT molecular complexity index is 1280. The van der Waals surface area contributed by atoms with Crippen LogP contribution in [0.5, 0.6) is 11.5 Å². The molecule has 34 heavy (non-hydrogen) atoms. The van der Waals surface area contributed by atoms with Crippen molar-refractivity contribution in [3.05, 3.63) is 68.0 Å². The molecule has 5 rings (SSSR count). The molecule has 0 fully saturated rings. The van der Waals surface area contributed by atoms with E-state index in [1.807, 2.05) is 24.3 Å². The van der Waals surface area contributed by atoms with Gasteiger partial charge in [0.25, 0.3) is 10.9 Å². The Balaban J connectivity index is 1.45. The third-order valence-electron chi connectivity index (χ3n) is 5.63. The molecule has 0 saturated carbocycles. The van der Waals surface area contributed by atoms with Crippen molar-refractivity contribution in [3.8, 4) is 11.5 Å². The van der Waals surface area contributed by atoms with Crippen LogP contribution in [0.2, 0.25) is 0 Å². The first-order valence-electron chi connectivity index (χ1n) is 10.9. The number of benzene rings is 2. The summed E-state index contributed by atoms with van der Waals surface area (Å²) in [5.74, 6) is 2.73. The predicted octanol–water partition coefficient (Wildman–Crippen LogP) is 1.49. The van der Waals surface area contributed by atoms with Crippen LogP contribution in [0, 0.1) is 0 Å². The van der Waals surface area contributed by atoms with Crippen LogP contribution >= 0.6 is 0 Å². The van der Waals surface area contributed by atoms with Gasteiger partial charge in [-0.05, 0) is 24.3 Å². The molecule has 10 nitrogen and oxygen atoms in total. The molecule has 2 aliphatic rings. The predicted molar refractivity (Wildman–Crippen MR) is 133 cm³/mol. The second kappa shape index (κ2) is 8.89. The Morgan fingerprint density at radius 2 is 1.15 bits per heavy atom. The van der Waals surface area contributed by atoms with Gasteiger partial charge in [0.05, 0.1) is 27.3 Å². The van der Waals surface area contributed by atoms with E-state index in [4.69, 9.17) is 9.47 Å². The molecule has 3 aromatic carbocycles. The number of anilines is 4. The van der Waals surface area contributed by atoms with Crippen molar-refractivity contribution in [3.63, 3.8) is 0 Å². The van der Waals surface area contributed by atoms with E-state index in [0.717, 1.165) is 35.9 Å². The summed E-state index contributed by atoms with van der Waals surface area (Å²) in [7, 11) is 3.14. The molecule has 0 saturated heterocycles. The fraction of sp³-hybridized carbons (Fsp3) is 0.250. The minimum Gasteiger partial charge on any atom is -0.497 e. The molecule has 174 valence electrons. The van der Waals surface area contributed by atoms with Gasteiger partial charge in [-0.25, -0.2) is 0 Å². The maximum absolute atomic E-state index is 12.4. The van der Waals surface area contributed by atoms with Crippen molar-refractivity contribution in [2.45, 2.75) is 0 Å². The second-order valence-electron chi connectivity index (χ2n) is 7.87. The molecule has 3 aromatic rings. The lowest BCUT2D eigenvalue weighted by Gasteiger charge is -2.17. The van der Waals surface area contributed by atoms with Crippen LogP contribution in [0.4, 0.5) is 22.7 Å². The van der Waals surface area contributed by atoms with E-state index in [1.54, 1.807) is 26.4 Å². The normalized spacial score (nSPS) is 14.8. The lowest BCUT2D eigenvalue weighted by molar-refractivity contribution is 0.415. The summed E-state index contributed by atoms with van der Waals surface area (Å²) in [4.78, 5) is 33.7. The average molecular weight is 460 g/mol. The third-order valence-corrected chi connectivity index (χ3v) is 5.63. The lowest BCUT2D eigenvalue weighted by atomic mass is 10.1. The van der Waals surface area contributed by atoms with Crippen LogP contribution in [0.15, 0.2) is 56.0 Å². The fourth-order valence-corrected chi connectivity index (χ4v) is 3.95. The van der Waals surface area contributed by atoms with Crippen molar-refractivity contribution in [1.29, 1.82) is 0 Å². The maximum Gasteiger partial charge on any atom is 0.253 e. The Morgan fingerprint density at radius 3 is 1.50 bits per heavy atom. The van der Waals surface area contributed by atoms with Crippen molar-refractivity contribution in [2.75, 3.05) is 51.0 Å². The minimum absolute atomic E-state index is 0.186. The standard InChI is InChI=1S/C24H24N6O4/c1-33-17-9-13(23-25-3-4-26-23)7-15(11-17)29-19-20(22(32)21(19)31)30-16-8-14(10-18(12-16)34-2)24-27-5-6-28-24/h7-12,29-30H,3-6H2,1-2H3,(H,25,26)(H,27,28). The zero-order valence-electron chi connectivity index (χ0n) is 18.8. The molecule has 0 amide bonds. The highest BCUT2D eigenvalue weighted by Gasteiger charge is 2.23. The monoisotopic (exact) mass is 460 g/mol. The van der Waals surface area contributed by atoms with Crippen molar-refractivity contribution < 1.29 is 9.47 Å². The van der Waals surface area contributed by atoms with Gasteiger partial charge >= 0.3 is 0 Å². The molecule has 0 radical (unpaired) electrons. The topological polar surface area (TPSA) is 125 Å². The number of nitrogens with one attached hydrogen (secondary N) is 4. The minimum atomic E-state index is -0.590. The second-order valence-corrected chi connectivity index (χ2v) is 7.87. The maximum atomic E-state index is 12.4. The van der Waals surface area contributed by atoms with E-state index < -0.39 is 10.9 Å². The highest BCUT2D eigenvalue weighted by molar-refractivity contribution is 6.02. The van der Waals surface area contributed by atoms with Gasteiger partial charge in [0.15, 0.2) is 0 Å². The average Bonchev–Trinajstić information content (AvgIpc) is 3.60. The van der Waals surface area contributed by atoms with Crippen molar-refractivity contribution in [1.82, 2.24) is 10.6 Å². The first-order valence-corrected chi connectivity index (χ1v) is 10.9. The third kappa shape index (κ3) is 4.05. The Morgan fingerprint density at radius 1 is 0.706 bits per heavy atom. The first kappa shape index (κ1) is 21.5. The van der Waals surface area contributed by atoms with Crippen LogP contribution in [0.1, 0.15) is 11.1 Å². The molecule has 2 aliphatic heterocycles. The van der Waals surface area contributed by atoms with Gasteiger partial charge in [-0.15, -0.1) is 0 Å². The smallest absolute Gasteiger partial charge is 0.253 e. The van der Waals surface area contributed by atoms with Gasteiger partial charge < -0.3 is 30.7 Å². The number of methoxy groups -OCH3 is 2. The SMILES string of the molecule is COc1cc(Nc2c(Nc3cc(OC)cc(C4=NCCN4)c3)c(=O)c2=O)cc(C2=NCCN2)c1. The summed E-state index contributed by atoms with van der Waals surface area (Å²) in [6.07, 6.45) is 0. The number of rotatable bonds is 8.